The number of rotatable bonds is 8. The van der Waals surface area contributed by atoms with Crippen LogP contribution in [0.3, 0.4) is 0 Å². The first-order valence-corrected chi connectivity index (χ1v) is 9.00. The number of ether oxygens (including phenoxy) is 2. The van der Waals surface area contributed by atoms with Crippen LogP contribution in [0.4, 0.5) is 0 Å². The van der Waals surface area contributed by atoms with Gasteiger partial charge in [-0.05, 0) is 38.5 Å². The Hall–Kier alpha value is -2.58. The van der Waals surface area contributed by atoms with E-state index in [9.17, 15) is 19.8 Å². The molecular formula is C20H27NO7. The summed E-state index contributed by atoms with van der Waals surface area (Å²) in [6, 6.07) is 3.44. The number of methoxy groups -OCH3 is 2. The quantitative estimate of drug-likeness (QED) is 0.650. The number of carbonyl (C=O) groups excluding carboxylic acids is 1. The lowest BCUT2D eigenvalue weighted by atomic mass is 10.0. The Labute approximate surface area is 163 Å². The van der Waals surface area contributed by atoms with Crippen molar-refractivity contribution in [3.8, 4) is 11.5 Å². The zero-order chi connectivity index (χ0) is 21.0. The van der Waals surface area contributed by atoms with Gasteiger partial charge in [0.05, 0.1) is 38.4 Å². The molecule has 2 N–H and O–H groups in total. The van der Waals surface area contributed by atoms with E-state index >= 15 is 0 Å². The van der Waals surface area contributed by atoms with Crippen LogP contribution in [0.15, 0.2) is 21.3 Å². The molecule has 2 rings (SSSR count). The molecule has 2 atom stereocenters. The highest BCUT2D eigenvalue weighted by Gasteiger charge is 2.23. The van der Waals surface area contributed by atoms with Gasteiger partial charge in [0.15, 0.2) is 11.3 Å². The molecule has 1 heterocycles. The van der Waals surface area contributed by atoms with Gasteiger partial charge in [0.2, 0.25) is 11.7 Å². The first kappa shape index (κ1) is 21.7. The molecule has 2 aromatic rings. The van der Waals surface area contributed by atoms with Crippen molar-refractivity contribution >= 4 is 16.9 Å². The van der Waals surface area contributed by atoms with Crippen LogP contribution in [0.25, 0.3) is 11.0 Å². The van der Waals surface area contributed by atoms with Gasteiger partial charge in [0.25, 0.3) is 0 Å². The third-order valence-electron chi connectivity index (χ3n) is 4.45. The summed E-state index contributed by atoms with van der Waals surface area (Å²) >= 11 is 0. The molecule has 0 saturated heterocycles. The first-order chi connectivity index (χ1) is 13.2. The molecule has 0 aliphatic rings. The Balaban J connectivity index is 2.47. The van der Waals surface area contributed by atoms with E-state index < -0.39 is 17.8 Å². The van der Waals surface area contributed by atoms with E-state index in [0.29, 0.717) is 22.4 Å². The number of carbonyl (C=O) groups is 1. The van der Waals surface area contributed by atoms with Crippen molar-refractivity contribution in [1.82, 2.24) is 4.90 Å². The highest BCUT2D eigenvalue weighted by atomic mass is 16.5. The van der Waals surface area contributed by atoms with Gasteiger partial charge < -0.3 is 29.0 Å². The number of aryl methyl sites for hydroxylation is 1. The number of aliphatic hydroxyl groups is 2. The number of fused-ring (bicyclic) bond motifs is 1. The minimum atomic E-state index is -0.756. The molecule has 0 saturated carbocycles. The molecule has 0 aliphatic heterocycles. The van der Waals surface area contributed by atoms with Gasteiger partial charge in [-0.3, -0.25) is 4.79 Å². The molecule has 8 nitrogen and oxygen atoms in total. The fourth-order valence-corrected chi connectivity index (χ4v) is 3.15. The smallest absolute Gasteiger partial charge is 0.340 e. The molecule has 0 aliphatic carbocycles. The summed E-state index contributed by atoms with van der Waals surface area (Å²) in [4.78, 5) is 26.7. The first-order valence-electron chi connectivity index (χ1n) is 9.00. The minimum absolute atomic E-state index is 0.0622. The fourth-order valence-electron chi connectivity index (χ4n) is 3.15. The second-order valence-electron chi connectivity index (χ2n) is 6.84. The van der Waals surface area contributed by atoms with E-state index in [2.05, 4.69) is 0 Å². The van der Waals surface area contributed by atoms with Crippen LogP contribution in [0, 0.1) is 6.92 Å². The largest absolute Gasteiger partial charge is 0.493 e. The molecule has 8 heteroatoms. The van der Waals surface area contributed by atoms with E-state index in [1.165, 1.54) is 19.1 Å². The monoisotopic (exact) mass is 393 g/mol. The predicted molar refractivity (Wildman–Crippen MR) is 104 cm³/mol. The molecule has 0 spiro atoms. The van der Waals surface area contributed by atoms with Crippen LogP contribution in [0.5, 0.6) is 11.5 Å². The van der Waals surface area contributed by atoms with Gasteiger partial charge in [-0.15, -0.1) is 0 Å². The zero-order valence-corrected chi connectivity index (χ0v) is 16.8. The Kier molecular flexibility index (Phi) is 7.04. The van der Waals surface area contributed by atoms with Crippen molar-refractivity contribution in [3.05, 3.63) is 33.7 Å². The maximum absolute atomic E-state index is 12.7. The van der Waals surface area contributed by atoms with Gasteiger partial charge in [-0.2, -0.15) is 0 Å². The van der Waals surface area contributed by atoms with Crippen molar-refractivity contribution in [1.29, 1.82) is 0 Å². The Bertz CT molecular complexity index is 892. The number of benzene rings is 1. The third kappa shape index (κ3) is 4.63. The zero-order valence-electron chi connectivity index (χ0n) is 16.8. The van der Waals surface area contributed by atoms with E-state index in [1.54, 1.807) is 32.9 Å². The highest BCUT2D eigenvalue weighted by molar-refractivity contribution is 5.89. The normalized spacial score (nSPS) is 13.2. The lowest BCUT2D eigenvalue weighted by Gasteiger charge is -2.25. The lowest BCUT2D eigenvalue weighted by Crippen LogP contribution is -2.42. The van der Waals surface area contributed by atoms with Gasteiger partial charge in [-0.25, -0.2) is 4.79 Å². The van der Waals surface area contributed by atoms with Crippen LogP contribution in [-0.2, 0) is 11.2 Å². The number of nitrogens with zero attached hydrogens (tertiary/aromatic N) is 1. The summed E-state index contributed by atoms with van der Waals surface area (Å²) in [5.41, 5.74) is 0.449. The van der Waals surface area contributed by atoms with E-state index in [0.717, 1.165) is 0 Å². The Morgan fingerprint density at radius 2 is 1.75 bits per heavy atom. The highest BCUT2D eigenvalue weighted by Crippen LogP contribution is 2.36. The van der Waals surface area contributed by atoms with Crippen molar-refractivity contribution in [2.75, 3.05) is 27.3 Å². The standard InChI is InChI=1S/C20H27NO7/c1-11(22)9-21(10-12(2)23)17(24)8-15-13(3)14-6-7-16(26-4)19(27-5)18(14)28-20(15)25/h6-7,11-12,22-23H,8-10H2,1-5H3/t11-,12-/m0/s1. The fraction of sp³-hybridized carbons (Fsp3) is 0.500. The summed E-state index contributed by atoms with van der Waals surface area (Å²) in [7, 11) is 2.94. The van der Waals surface area contributed by atoms with Crippen LogP contribution in [-0.4, -0.2) is 60.5 Å². The molecule has 1 aromatic heterocycles. The minimum Gasteiger partial charge on any atom is -0.493 e. The molecule has 0 bridgehead atoms. The summed E-state index contributed by atoms with van der Waals surface area (Å²) in [5.74, 6) is 0.362. The van der Waals surface area contributed by atoms with E-state index in [1.807, 2.05) is 0 Å². The molecule has 1 aromatic carbocycles. The lowest BCUT2D eigenvalue weighted by molar-refractivity contribution is -0.133. The van der Waals surface area contributed by atoms with Crippen LogP contribution in [0.2, 0.25) is 0 Å². The van der Waals surface area contributed by atoms with Crippen molar-refractivity contribution in [2.24, 2.45) is 0 Å². The SMILES string of the molecule is COc1ccc2c(C)c(CC(=O)N(C[C@H](C)O)C[C@H](C)O)c(=O)oc2c1OC. The number of hydrogen-bond donors (Lipinski definition) is 2. The summed E-state index contributed by atoms with van der Waals surface area (Å²) in [5, 5.41) is 19.9. The summed E-state index contributed by atoms with van der Waals surface area (Å²) < 4.78 is 16.0. The van der Waals surface area contributed by atoms with Gasteiger partial charge in [0, 0.05) is 18.5 Å². The Morgan fingerprint density at radius 1 is 1.14 bits per heavy atom. The van der Waals surface area contributed by atoms with Crippen LogP contribution < -0.4 is 15.1 Å². The molecule has 154 valence electrons. The molecular weight excluding hydrogens is 366 g/mol. The van der Waals surface area contributed by atoms with Crippen molar-refractivity contribution < 1.29 is 28.9 Å². The van der Waals surface area contributed by atoms with E-state index in [4.69, 9.17) is 13.9 Å². The van der Waals surface area contributed by atoms with Crippen LogP contribution >= 0.6 is 0 Å². The molecule has 0 unspecified atom stereocenters. The topological polar surface area (TPSA) is 109 Å². The molecule has 0 radical (unpaired) electrons. The number of aliphatic hydroxyl groups excluding tert-OH is 2. The molecule has 28 heavy (non-hydrogen) atoms. The summed E-state index contributed by atoms with van der Waals surface area (Å²) in [6.07, 6.45) is -1.71. The molecule has 1 amide bonds. The van der Waals surface area contributed by atoms with Crippen molar-refractivity contribution in [2.45, 2.75) is 39.4 Å². The maximum atomic E-state index is 12.7. The average Bonchev–Trinajstić information content (AvgIpc) is 2.62. The second kappa shape index (κ2) is 9.07. The molecule has 0 fully saturated rings. The third-order valence-corrected chi connectivity index (χ3v) is 4.45. The van der Waals surface area contributed by atoms with Gasteiger partial charge in [-0.1, -0.05) is 0 Å². The number of hydrogen-bond acceptors (Lipinski definition) is 7. The van der Waals surface area contributed by atoms with Crippen molar-refractivity contribution in [3.63, 3.8) is 0 Å². The van der Waals surface area contributed by atoms with Gasteiger partial charge >= 0.3 is 5.63 Å². The van der Waals surface area contributed by atoms with Gasteiger partial charge in [0.1, 0.15) is 0 Å². The predicted octanol–water partition coefficient (Wildman–Crippen LogP) is 1.25. The Morgan fingerprint density at radius 3 is 2.25 bits per heavy atom. The van der Waals surface area contributed by atoms with E-state index in [-0.39, 0.29) is 36.6 Å². The number of amides is 1. The second-order valence-corrected chi connectivity index (χ2v) is 6.84. The average molecular weight is 393 g/mol. The van der Waals surface area contributed by atoms with Crippen LogP contribution in [0.1, 0.15) is 25.0 Å². The maximum Gasteiger partial charge on any atom is 0.340 e. The summed E-state index contributed by atoms with van der Waals surface area (Å²) in [6.45, 7) is 4.97.